The first-order valence-corrected chi connectivity index (χ1v) is 3.23. The molecule has 1 atom stereocenters. The van der Waals surface area contributed by atoms with Gasteiger partial charge in [-0.1, -0.05) is 12.2 Å². The number of thiocarbonyl (C=S) groups is 1. The van der Waals surface area contributed by atoms with Crippen LogP contribution in [0.3, 0.4) is 0 Å². The molecule has 0 amide bonds. The molecule has 3 heteroatoms. The molecule has 1 aliphatic rings. The molecule has 1 aliphatic heterocycles. The monoisotopic (exact) mass is 130 g/mol. The smallest absolute Gasteiger partial charge is 0.0756 e. The van der Waals surface area contributed by atoms with Crippen LogP contribution in [0, 0.1) is 0 Å². The molecular weight excluding hydrogens is 120 g/mol. The first-order valence-electron chi connectivity index (χ1n) is 2.82. The number of hydrogen-bond donors (Lipinski definition) is 2. The SMILES string of the molecule is NC[C@@H]1CCC(=S)N1. The van der Waals surface area contributed by atoms with E-state index in [4.69, 9.17) is 18.0 Å². The fourth-order valence-corrected chi connectivity index (χ4v) is 1.14. The topological polar surface area (TPSA) is 38.0 Å². The molecule has 3 N–H and O–H groups in total. The lowest BCUT2D eigenvalue weighted by molar-refractivity contribution is 0.639. The molecule has 0 aromatic carbocycles. The van der Waals surface area contributed by atoms with Crippen LogP contribution in [0.15, 0.2) is 0 Å². The lowest BCUT2D eigenvalue weighted by Gasteiger charge is -2.03. The van der Waals surface area contributed by atoms with Crippen LogP contribution in [-0.2, 0) is 0 Å². The Morgan fingerprint density at radius 2 is 2.62 bits per heavy atom. The van der Waals surface area contributed by atoms with Gasteiger partial charge in [-0.2, -0.15) is 0 Å². The van der Waals surface area contributed by atoms with Gasteiger partial charge in [0.1, 0.15) is 0 Å². The second kappa shape index (κ2) is 2.42. The first-order chi connectivity index (χ1) is 3.83. The Bertz CT molecular complexity index is 103. The van der Waals surface area contributed by atoms with Gasteiger partial charge in [0.25, 0.3) is 0 Å². The quantitative estimate of drug-likeness (QED) is 0.492. The largest absolute Gasteiger partial charge is 0.376 e. The van der Waals surface area contributed by atoms with Crippen LogP contribution in [0.2, 0.25) is 0 Å². The van der Waals surface area contributed by atoms with Crippen LogP contribution >= 0.6 is 12.2 Å². The van der Waals surface area contributed by atoms with Crippen LogP contribution in [0.25, 0.3) is 0 Å². The summed E-state index contributed by atoms with van der Waals surface area (Å²) in [7, 11) is 0. The van der Waals surface area contributed by atoms with E-state index in [0.717, 1.165) is 17.8 Å². The zero-order chi connectivity index (χ0) is 5.98. The average molecular weight is 130 g/mol. The summed E-state index contributed by atoms with van der Waals surface area (Å²) in [4.78, 5) is 0.973. The molecule has 0 saturated carbocycles. The van der Waals surface area contributed by atoms with Gasteiger partial charge in [0.2, 0.25) is 0 Å². The molecule has 1 fully saturated rings. The summed E-state index contributed by atoms with van der Waals surface area (Å²) in [5.41, 5.74) is 5.37. The minimum absolute atomic E-state index is 0.461. The van der Waals surface area contributed by atoms with Crippen molar-refractivity contribution in [1.82, 2.24) is 5.32 Å². The van der Waals surface area contributed by atoms with E-state index in [1.165, 1.54) is 0 Å². The molecule has 0 bridgehead atoms. The van der Waals surface area contributed by atoms with E-state index >= 15 is 0 Å². The minimum Gasteiger partial charge on any atom is -0.376 e. The Morgan fingerprint density at radius 3 is 2.88 bits per heavy atom. The predicted molar refractivity (Wildman–Crippen MR) is 37.8 cm³/mol. The highest BCUT2D eigenvalue weighted by molar-refractivity contribution is 7.80. The lowest BCUT2D eigenvalue weighted by Crippen LogP contribution is -2.31. The molecule has 46 valence electrons. The zero-order valence-corrected chi connectivity index (χ0v) is 5.50. The van der Waals surface area contributed by atoms with Gasteiger partial charge >= 0.3 is 0 Å². The Labute approximate surface area is 54.4 Å². The summed E-state index contributed by atoms with van der Waals surface area (Å²) in [6, 6.07) is 0.461. The van der Waals surface area contributed by atoms with Gasteiger partial charge in [0.15, 0.2) is 0 Å². The third-order valence-corrected chi connectivity index (χ3v) is 1.69. The van der Waals surface area contributed by atoms with Gasteiger partial charge in [0.05, 0.1) is 4.99 Å². The Kier molecular flexibility index (Phi) is 1.81. The molecule has 2 nitrogen and oxygen atoms in total. The summed E-state index contributed by atoms with van der Waals surface area (Å²) in [5, 5.41) is 3.11. The van der Waals surface area contributed by atoms with Crippen LogP contribution in [0.1, 0.15) is 12.8 Å². The summed E-state index contributed by atoms with van der Waals surface area (Å²) >= 11 is 4.90. The molecule has 8 heavy (non-hydrogen) atoms. The average Bonchev–Trinajstić information content (AvgIpc) is 2.14. The van der Waals surface area contributed by atoms with Crippen molar-refractivity contribution in [2.75, 3.05) is 6.54 Å². The number of rotatable bonds is 1. The van der Waals surface area contributed by atoms with Crippen LogP contribution in [-0.4, -0.2) is 17.6 Å². The van der Waals surface area contributed by atoms with Gasteiger partial charge in [-0.25, -0.2) is 0 Å². The molecule has 1 rings (SSSR count). The molecule has 0 unspecified atom stereocenters. The maximum Gasteiger partial charge on any atom is 0.0756 e. The third kappa shape index (κ3) is 1.17. The Balaban J connectivity index is 2.32. The highest BCUT2D eigenvalue weighted by atomic mass is 32.1. The minimum atomic E-state index is 0.461. The van der Waals surface area contributed by atoms with Crippen molar-refractivity contribution in [3.63, 3.8) is 0 Å². The molecule has 1 heterocycles. The number of nitrogens with one attached hydrogen (secondary N) is 1. The molecule has 0 aromatic heterocycles. The first kappa shape index (κ1) is 5.98. The Morgan fingerprint density at radius 1 is 1.88 bits per heavy atom. The molecule has 0 radical (unpaired) electrons. The van der Waals surface area contributed by atoms with E-state index in [-0.39, 0.29) is 0 Å². The molecule has 1 saturated heterocycles. The molecule has 0 spiro atoms. The van der Waals surface area contributed by atoms with Gasteiger partial charge < -0.3 is 11.1 Å². The predicted octanol–water partition coefficient (Wildman–Crippen LogP) is 0.0245. The van der Waals surface area contributed by atoms with Crippen molar-refractivity contribution in [2.24, 2.45) is 5.73 Å². The van der Waals surface area contributed by atoms with Crippen molar-refractivity contribution >= 4 is 17.2 Å². The van der Waals surface area contributed by atoms with Crippen molar-refractivity contribution < 1.29 is 0 Å². The number of nitrogens with two attached hydrogens (primary N) is 1. The second-order valence-electron chi connectivity index (χ2n) is 2.04. The lowest BCUT2D eigenvalue weighted by atomic mass is 10.2. The summed E-state index contributed by atoms with van der Waals surface area (Å²) in [6.07, 6.45) is 2.15. The normalized spacial score (nSPS) is 28.1. The molecular formula is C5H10N2S. The van der Waals surface area contributed by atoms with E-state index in [9.17, 15) is 0 Å². The zero-order valence-electron chi connectivity index (χ0n) is 4.68. The number of hydrogen-bond acceptors (Lipinski definition) is 2. The summed E-state index contributed by atoms with van der Waals surface area (Å²) < 4.78 is 0. The van der Waals surface area contributed by atoms with Crippen molar-refractivity contribution in [1.29, 1.82) is 0 Å². The van der Waals surface area contributed by atoms with Crippen molar-refractivity contribution in [3.8, 4) is 0 Å². The van der Waals surface area contributed by atoms with Crippen LogP contribution in [0.4, 0.5) is 0 Å². The third-order valence-electron chi connectivity index (χ3n) is 1.37. The maximum absolute atomic E-state index is 5.37. The van der Waals surface area contributed by atoms with E-state index in [1.54, 1.807) is 0 Å². The highest BCUT2D eigenvalue weighted by Gasteiger charge is 2.14. The standard InChI is InChI=1S/C5H10N2S/c6-3-4-1-2-5(8)7-4/h4H,1-3,6H2,(H,7,8)/t4-/m0/s1. The van der Waals surface area contributed by atoms with E-state index in [1.807, 2.05) is 0 Å². The molecule has 0 aliphatic carbocycles. The van der Waals surface area contributed by atoms with E-state index in [0.29, 0.717) is 12.6 Å². The second-order valence-corrected chi connectivity index (χ2v) is 2.53. The fraction of sp³-hybridized carbons (Fsp3) is 0.800. The van der Waals surface area contributed by atoms with Gasteiger partial charge in [-0.05, 0) is 12.8 Å². The highest BCUT2D eigenvalue weighted by Crippen LogP contribution is 2.05. The summed E-state index contributed by atoms with van der Waals surface area (Å²) in [6.45, 7) is 0.708. The van der Waals surface area contributed by atoms with Gasteiger partial charge in [-0.15, -0.1) is 0 Å². The van der Waals surface area contributed by atoms with Crippen LogP contribution < -0.4 is 11.1 Å². The summed E-state index contributed by atoms with van der Waals surface area (Å²) in [5.74, 6) is 0. The van der Waals surface area contributed by atoms with Gasteiger partial charge in [-0.3, -0.25) is 0 Å². The van der Waals surface area contributed by atoms with Gasteiger partial charge in [0, 0.05) is 12.6 Å². The van der Waals surface area contributed by atoms with Crippen LogP contribution in [0.5, 0.6) is 0 Å². The van der Waals surface area contributed by atoms with E-state index < -0.39 is 0 Å². The van der Waals surface area contributed by atoms with Crippen molar-refractivity contribution in [2.45, 2.75) is 18.9 Å². The Hall–Kier alpha value is -0.150. The molecule has 0 aromatic rings. The maximum atomic E-state index is 5.37. The van der Waals surface area contributed by atoms with Crippen molar-refractivity contribution in [3.05, 3.63) is 0 Å². The fourth-order valence-electron chi connectivity index (χ4n) is 0.854. The van der Waals surface area contributed by atoms with E-state index in [2.05, 4.69) is 5.32 Å².